The summed E-state index contributed by atoms with van der Waals surface area (Å²) in [6, 6.07) is 7.50. The van der Waals surface area contributed by atoms with Crippen LogP contribution in [0.2, 0.25) is 0 Å². The Morgan fingerprint density at radius 1 is 1.33 bits per heavy atom. The zero-order chi connectivity index (χ0) is 15.0. The SMILES string of the molecule is CCOc1oc(-c2cc3cc(C)ccc3o2)nc1C(=O)O. The molecule has 108 valence electrons. The van der Waals surface area contributed by atoms with Crippen molar-refractivity contribution in [2.24, 2.45) is 0 Å². The molecule has 0 radical (unpaired) electrons. The fraction of sp³-hybridized carbons (Fsp3) is 0.200. The zero-order valence-corrected chi connectivity index (χ0v) is 11.5. The first-order chi connectivity index (χ1) is 10.1. The average molecular weight is 287 g/mol. The number of aromatic carboxylic acids is 1. The molecular formula is C15H13NO5. The minimum absolute atomic E-state index is 0.0877. The number of carboxylic acid groups (broad SMARTS) is 1. The standard InChI is InChI=1S/C15H13NO5/c1-3-19-15-12(14(17)18)16-13(21-15)11-7-9-6-8(2)4-5-10(9)20-11/h4-7H,3H2,1-2H3,(H,17,18). The number of rotatable bonds is 4. The van der Waals surface area contributed by atoms with Crippen molar-refractivity contribution in [2.45, 2.75) is 13.8 Å². The van der Waals surface area contributed by atoms with Crippen molar-refractivity contribution in [1.82, 2.24) is 4.98 Å². The van der Waals surface area contributed by atoms with Crippen molar-refractivity contribution in [3.63, 3.8) is 0 Å². The van der Waals surface area contributed by atoms with E-state index in [1.165, 1.54) is 0 Å². The smallest absolute Gasteiger partial charge is 0.362 e. The molecule has 0 saturated carbocycles. The molecule has 0 spiro atoms. The molecule has 3 rings (SSSR count). The second-order valence-electron chi connectivity index (χ2n) is 4.55. The molecular weight excluding hydrogens is 274 g/mol. The number of carboxylic acids is 1. The number of nitrogens with zero attached hydrogens (tertiary/aromatic N) is 1. The Kier molecular flexibility index (Phi) is 3.13. The molecule has 21 heavy (non-hydrogen) atoms. The minimum Gasteiger partial charge on any atom is -0.476 e. The molecule has 2 aromatic heterocycles. The van der Waals surface area contributed by atoms with E-state index in [-0.39, 0.29) is 24.1 Å². The Bertz CT molecular complexity index is 815. The monoisotopic (exact) mass is 287 g/mol. The summed E-state index contributed by atoms with van der Waals surface area (Å²) in [5, 5.41) is 10.00. The Hall–Kier alpha value is -2.76. The van der Waals surface area contributed by atoms with Crippen LogP contribution in [0.15, 0.2) is 33.1 Å². The van der Waals surface area contributed by atoms with Crippen molar-refractivity contribution in [3.05, 3.63) is 35.5 Å². The van der Waals surface area contributed by atoms with E-state index in [1.807, 2.05) is 25.1 Å². The first-order valence-electron chi connectivity index (χ1n) is 6.46. The van der Waals surface area contributed by atoms with Gasteiger partial charge in [0.2, 0.25) is 5.69 Å². The van der Waals surface area contributed by atoms with E-state index in [4.69, 9.17) is 18.7 Å². The number of oxazole rings is 1. The van der Waals surface area contributed by atoms with Crippen LogP contribution < -0.4 is 4.74 Å². The van der Waals surface area contributed by atoms with E-state index in [1.54, 1.807) is 13.0 Å². The number of hydrogen-bond acceptors (Lipinski definition) is 5. The Balaban J connectivity index is 2.09. The van der Waals surface area contributed by atoms with Gasteiger partial charge < -0.3 is 18.7 Å². The predicted molar refractivity (Wildman–Crippen MR) is 74.6 cm³/mol. The van der Waals surface area contributed by atoms with Gasteiger partial charge in [0.05, 0.1) is 6.61 Å². The molecule has 6 heteroatoms. The molecule has 0 aliphatic heterocycles. The van der Waals surface area contributed by atoms with Gasteiger partial charge in [0.1, 0.15) is 5.58 Å². The third-order valence-electron chi connectivity index (χ3n) is 2.96. The molecule has 0 amide bonds. The molecule has 2 heterocycles. The fourth-order valence-electron chi connectivity index (χ4n) is 2.04. The van der Waals surface area contributed by atoms with Crippen LogP contribution in [0.25, 0.3) is 22.6 Å². The number of furan rings is 1. The summed E-state index contributed by atoms with van der Waals surface area (Å²) in [4.78, 5) is 15.1. The van der Waals surface area contributed by atoms with Gasteiger partial charge in [-0.25, -0.2) is 4.79 Å². The van der Waals surface area contributed by atoms with Crippen LogP contribution in [0.4, 0.5) is 0 Å². The van der Waals surface area contributed by atoms with E-state index in [0.29, 0.717) is 11.3 Å². The lowest BCUT2D eigenvalue weighted by Gasteiger charge is -1.96. The van der Waals surface area contributed by atoms with Crippen molar-refractivity contribution in [3.8, 4) is 17.6 Å². The van der Waals surface area contributed by atoms with Crippen LogP contribution in [0.1, 0.15) is 23.0 Å². The number of fused-ring (bicyclic) bond motifs is 1. The van der Waals surface area contributed by atoms with Crippen LogP contribution in [0, 0.1) is 6.92 Å². The average Bonchev–Trinajstić information content (AvgIpc) is 3.02. The second-order valence-corrected chi connectivity index (χ2v) is 4.55. The van der Waals surface area contributed by atoms with Crippen LogP contribution in [0.3, 0.4) is 0 Å². The first-order valence-corrected chi connectivity index (χ1v) is 6.46. The number of aryl methyl sites for hydroxylation is 1. The normalized spacial score (nSPS) is 11.0. The highest BCUT2D eigenvalue weighted by atomic mass is 16.6. The van der Waals surface area contributed by atoms with Gasteiger partial charge in [-0.1, -0.05) is 11.6 Å². The largest absolute Gasteiger partial charge is 0.476 e. The number of ether oxygens (including phenoxy) is 1. The number of hydrogen-bond donors (Lipinski definition) is 1. The van der Waals surface area contributed by atoms with Crippen molar-refractivity contribution in [2.75, 3.05) is 6.61 Å². The molecule has 0 bridgehead atoms. The lowest BCUT2D eigenvalue weighted by atomic mass is 10.2. The van der Waals surface area contributed by atoms with Gasteiger partial charge in [-0.05, 0) is 32.0 Å². The lowest BCUT2D eigenvalue weighted by Crippen LogP contribution is -2.01. The van der Waals surface area contributed by atoms with E-state index in [0.717, 1.165) is 10.9 Å². The summed E-state index contributed by atoms with van der Waals surface area (Å²) in [6.45, 7) is 4.00. The Morgan fingerprint density at radius 3 is 2.86 bits per heavy atom. The Morgan fingerprint density at radius 2 is 2.14 bits per heavy atom. The summed E-state index contributed by atoms with van der Waals surface area (Å²) in [5.41, 5.74) is 1.52. The number of aromatic nitrogens is 1. The number of benzene rings is 1. The van der Waals surface area contributed by atoms with Crippen LogP contribution in [-0.4, -0.2) is 22.7 Å². The summed E-state index contributed by atoms with van der Waals surface area (Å²) in [6.07, 6.45) is 0. The third kappa shape index (κ3) is 2.35. The van der Waals surface area contributed by atoms with Crippen LogP contribution in [-0.2, 0) is 0 Å². The first kappa shape index (κ1) is 13.2. The van der Waals surface area contributed by atoms with Crippen molar-refractivity contribution >= 4 is 16.9 Å². The molecule has 0 aliphatic carbocycles. The highest BCUT2D eigenvalue weighted by Crippen LogP contribution is 2.32. The predicted octanol–water partition coefficient (Wildman–Crippen LogP) is 3.49. The van der Waals surface area contributed by atoms with Crippen LogP contribution in [0.5, 0.6) is 5.95 Å². The molecule has 0 saturated heterocycles. The van der Waals surface area contributed by atoms with Crippen molar-refractivity contribution in [1.29, 1.82) is 0 Å². The van der Waals surface area contributed by atoms with Gasteiger partial charge in [-0.3, -0.25) is 0 Å². The highest BCUT2D eigenvalue weighted by molar-refractivity contribution is 5.89. The van der Waals surface area contributed by atoms with E-state index < -0.39 is 5.97 Å². The lowest BCUT2D eigenvalue weighted by molar-refractivity contribution is 0.0683. The maximum Gasteiger partial charge on any atom is 0.362 e. The molecule has 0 atom stereocenters. The van der Waals surface area contributed by atoms with Gasteiger partial charge in [-0.2, -0.15) is 4.98 Å². The van der Waals surface area contributed by atoms with E-state index >= 15 is 0 Å². The number of carbonyl (C=O) groups is 1. The molecule has 0 unspecified atom stereocenters. The third-order valence-corrected chi connectivity index (χ3v) is 2.96. The molecule has 1 N–H and O–H groups in total. The maximum atomic E-state index is 11.1. The summed E-state index contributed by atoms with van der Waals surface area (Å²) in [7, 11) is 0. The molecule has 1 aromatic carbocycles. The molecule has 0 fully saturated rings. The van der Waals surface area contributed by atoms with Gasteiger partial charge >= 0.3 is 11.9 Å². The highest BCUT2D eigenvalue weighted by Gasteiger charge is 2.23. The summed E-state index contributed by atoms with van der Waals surface area (Å²) in [5.74, 6) is -0.870. The maximum absolute atomic E-state index is 11.1. The molecule has 6 nitrogen and oxygen atoms in total. The molecule has 0 aliphatic rings. The van der Waals surface area contributed by atoms with E-state index in [2.05, 4.69) is 4.98 Å². The van der Waals surface area contributed by atoms with Gasteiger partial charge in [-0.15, -0.1) is 0 Å². The quantitative estimate of drug-likeness (QED) is 0.790. The second kappa shape index (κ2) is 4.97. The summed E-state index contributed by atoms with van der Waals surface area (Å²) < 4.78 is 16.1. The summed E-state index contributed by atoms with van der Waals surface area (Å²) >= 11 is 0. The fourth-order valence-corrected chi connectivity index (χ4v) is 2.04. The van der Waals surface area contributed by atoms with Gasteiger partial charge in [0.15, 0.2) is 5.76 Å². The zero-order valence-electron chi connectivity index (χ0n) is 11.5. The van der Waals surface area contributed by atoms with E-state index in [9.17, 15) is 4.79 Å². The van der Waals surface area contributed by atoms with Gasteiger partial charge in [0.25, 0.3) is 5.89 Å². The molecule has 3 aromatic rings. The van der Waals surface area contributed by atoms with Crippen LogP contribution >= 0.6 is 0 Å². The van der Waals surface area contributed by atoms with Crippen molar-refractivity contribution < 1.29 is 23.5 Å². The Labute approximate surface area is 120 Å². The minimum atomic E-state index is -1.21. The topological polar surface area (TPSA) is 85.7 Å². The van der Waals surface area contributed by atoms with Gasteiger partial charge in [0, 0.05) is 5.39 Å².